The lowest BCUT2D eigenvalue weighted by Gasteiger charge is -2.12. The summed E-state index contributed by atoms with van der Waals surface area (Å²) in [5.74, 6) is -0.0230. The number of hydrogen-bond donors (Lipinski definition) is 1. The molecule has 13 heteroatoms. The molecule has 1 aromatic heterocycles. The Bertz CT molecular complexity index is 1200. The Labute approximate surface area is 226 Å². The number of nitrogens with one attached hydrogen (secondary N) is 1. The maximum Gasteiger partial charge on any atom is 0.573 e. The molecule has 2 aromatic carbocycles. The lowest BCUT2D eigenvalue weighted by atomic mass is 10.2. The first-order valence-electron chi connectivity index (χ1n) is 10.7. The van der Waals surface area contributed by atoms with Crippen LogP contribution in [0.5, 0.6) is 11.5 Å². The largest absolute Gasteiger partial charge is 0.573 e. The number of benzene rings is 2. The summed E-state index contributed by atoms with van der Waals surface area (Å²) in [6, 6.07) is 6.70. The highest BCUT2D eigenvalue weighted by molar-refractivity contribution is 7.85. The predicted octanol–water partition coefficient (Wildman–Crippen LogP) is 7.94. The van der Waals surface area contributed by atoms with E-state index in [2.05, 4.69) is 46.2 Å². The second kappa shape index (κ2) is 15.7. The van der Waals surface area contributed by atoms with Gasteiger partial charge in [-0.15, -0.1) is 13.2 Å². The van der Waals surface area contributed by atoms with E-state index in [-0.39, 0.29) is 23.2 Å². The molecule has 0 spiro atoms. The number of rotatable bonds is 7. The smallest absolute Gasteiger partial charge is 0.489 e. The van der Waals surface area contributed by atoms with Crippen molar-refractivity contribution in [2.45, 2.75) is 40.2 Å². The van der Waals surface area contributed by atoms with Gasteiger partial charge in [0.05, 0.1) is 10.4 Å². The Hall–Kier alpha value is -2.47. The number of hydrogen-bond acceptors (Lipinski definition) is 6. The van der Waals surface area contributed by atoms with Crippen LogP contribution < -0.4 is 14.2 Å². The Morgan fingerprint density at radius 1 is 1.19 bits per heavy atom. The maximum atomic E-state index is 12.3. The van der Waals surface area contributed by atoms with Crippen LogP contribution in [0.15, 0.2) is 46.5 Å². The second-order valence-corrected chi connectivity index (χ2v) is 9.28. The Kier molecular flexibility index (Phi) is 13.8. The molecule has 7 nitrogen and oxygen atoms in total. The van der Waals surface area contributed by atoms with Crippen LogP contribution in [0.4, 0.5) is 19.0 Å². The minimum absolute atomic E-state index is 0.00620. The summed E-state index contributed by atoms with van der Waals surface area (Å²) in [6.45, 7) is 6.36. The van der Waals surface area contributed by atoms with Crippen LogP contribution in [-0.2, 0) is 22.3 Å². The van der Waals surface area contributed by atoms with Crippen molar-refractivity contribution in [2.24, 2.45) is 0 Å². The molecule has 1 N–H and O–H groups in total. The summed E-state index contributed by atoms with van der Waals surface area (Å²) in [5, 5.41) is 4.41. The van der Waals surface area contributed by atoms with Gasteiger partial charge >= 0.3 is 6.36 Å². The standard InChI is InChI=1S/C16H11Cl2F3N2O4S.C6H12.C2H6O/c1-28(24)23-15-10-6-11(17)8(4-14(10)27-22-15)7-25-9-2-3-13(12(18)5-9)26-16(19,20)21;1-4-6(3)5-2;1-3-2/h2-6H,7H2,1H3,(H,22,23);4H,5H2,1-3H3;1-2H3/b;6-4+;. The molecular weight excluding hydrogens is 556 g/mol. The first-order chi connectivity index (χ1) is 17.3. The minimum atomic E-state index is -4.84. The van der Waals surface area contributed by atoms with E-state index in [1.54, 1.807) is 26.4 Å². The van der Waals surface area contributed by atoms with Gasteiger partial charge in [-0.2, -0.15) is 0 Å². The summed E-state index contributed by atoms with van der Waals surface area (Å²) in [7, 11) is 1.91. The minimum Gasteiger partial charge on any atom is -0.489 e. The van der Waals surface area contributed by atoms with Crippen LogP contribution in [0.1, 0.15) is 32.8 Å². The van der Waals surface area contributed by atoms with Crippen molar-refractivity contribution in [2.75, 3.05) is 25.2 Å². The molecule has 0 saturated carbocycles. The van der Waals surface area contributed by atoms with Crippen molar-refractivity contribution in [1.29, 1.82) is 0 Å². The average Bonchev–Trinajstić information content (AvgIpc) is 3.19. The third-order valence-corrected chi connectivity index (χ3v) is 5.58. The van der Waals surface area contributed by atoms with Gasteiger partial charge in [-0.05, 0) is 44.5 Å². The van der Waals surface area contributed by atoms with Crippen LogP contribution in [0.3, 0.4) is 0 Å². The van der Waals surface area contributed by atoms with Gasteiger partial charge < -0.3 is 18.7 Å². The molecule has 0 aliphatic rings. The molecule has 0 aliphatic heterocycles. The van der Waals surface area contributed by atoms with Crippen LogP contribution in [0.2, 0.25) is 10.0 Å². The summed E-state index contributed by atoms with van der Waals surface area (Å²) >= 11 is 12.0. The van der Waals surface area contributed by atoms with Gasteiger partial charge in [-0.1, -0.05) is 46.9 Å². The van der Waals surface area contributed by atoms with E-state index in [0.717, 1.165) is 6.07 Å². The van der Waals surface area contributed by atoms with E-state index in [1.165, 1.54) is 30.4 Å². The van der Waals surface area contributed by atoms with E-state index < -0.39 is 23.1 Å². The normalized spacial score (nSPS) is 12.1. The zero-order valence-corrected chi connectivity index (χ0v) is 23.5. The van der Waals surface area contributed by atoms with Crippen LogP contribution in [0, 0.1) is 0 Å². The van der Waals surface area contributed by atoms with Gasteiger partial charge in [-0.3, -0.25) is 4.72 Å². The van der Waals surface area contributed by atoms with E-state index in [1.807, 2.05) is 0 Å². The number of anilines is 1. The summed E-state index contributed by atoms with van der Waals surface area (Å²) in [6.07, 6.45) is -0.0684. The monoisotopic (exact) mass is 584 g/mol. The molecule has 1 unspecified atom stereocenters. The van der Waals surface area contributed by atoms with Gasteiger partial charge in [0.25, 0.3) is 0 Å². The highest BCUT2D eigenvalue weighted by atomic mass is 35.5. The van der Waals surface area contributed by atoms with Crippen molar-refractivity contribution < 1.29 is 36.1 Å². The highest BCUT2D eigenvalue weighted by Crippen LogP contribution is 2.34. The Balaban J connectivity index is 0.000000657. The third-order valence-electron chi connectivity index (χ3n) is 4.45. The zero-order valence-electron chi connectivity index (χ0n) is 21.2. The average molecular weight is 585 g/mol. The molecule has 1 atom stereocenters. The summed E-state index contributed by atoms with van der Waals surface area (Å²) in [4.78, 5) is 0. The van der Waals surface area contributed by atoms with Crippen molar-refractivity contribution in [3.05, 3.63) is 57.6 Å². The lowest BCUT2D eigenvalue weighted by molar-refractivity contribution is -0.274. The van der Waals surface area contributed by atoms with Crippen molar-refractivity contribution in [1.82, 2.24) is 5.16 Å². The van der Waals surface area contributed by atoms with Crippen molar-refractivity contribution >= 4 is 51.0 Å². The topological polar surface area (TPSA) is 82.8 Å². The first-order valence-corrected chi connectivity index (χ1v) is 13.0. The number of allylic oxidation sites excluding steroid dienone is 2. The lowest BCUT2D eigenvalue weighted by Crippen LogP contribution is -2.17. The second-order valence-electron chi connectivity index (χ2n) is 7.35. The van der Waals surface area contributed by atoms with E-state index in [0.29, 0.717) is 21.6 Å². The van der Waals surface area contributed by atoms with Gasteiger partial charge in [-0.25, -0.2) is 4.21 Å². The van der Waals surface area contributed by atoms with Gasteiger partial charge in [0.2, 0.25) is 0 Å². The molecule has 37 heavy (non-hydrogen) atoms. The molecule has 206 valence electrons. The van der Waals surface area contributed by atoms with Gasteiger partial charge in [0, 0.05) is 37.1 Å². The molecule has 0 radical (unpaired) electrons. The fourth-order valence-electron chi connectivity index (χ4n) is 2.46. The predicted molar refractivity (Wildman–Crippen MR) is 142 cm³/mol. The van der Waals surface area contributed by atoms with Crippen molar-refractivity contribution in [3.8, 4) is 11.5 Å². The Morgan fingerprint density at radius 3 is 2.32 bits per heavy atom. The van der Waals surface area contributed by atoms with Gasteiger partial charge in [0.1, 0.15) is 29.1 Å². The summed E-state index contributed by atoms with van der Waals surface area (Å²) < 4.78 is 69.5. The van der Waals surface area contributed by atoms with Crippen LogP contribution in [0.25, 0.3) is 11.0 Å². The van der Waals surface area contributed by atoms with E-state index in [9.17, 15) is 17.4 Å². The van der Waals surface area contributed by atoms with Crippen LogP contribution in [-0.4, -0.2) is 36.2 Å². The molecule has 0 bridgehead atoms. The molecule has 3 rings (SSSR count). The number of methoxy groups -OCH3 is 1. The van der Waals surface area contributed by atoms with E-state index in [4.69, 9.17) is 32.5 Å². The number of alkyl halides is 3. The number of nitrogens with zero attached hydrogens (tertiary/aromatic N) is 1. The molecule has 0 fully saturated rings. The number of ether oxygens (including phenoxy) is 3. The fourth-order valence-corrected chi connectivity index (χ4v) is 3.31. The third kappa shape index (κ3) is 11.6. The maximum absolute atomic E-state index is 12.3. The molecule has 3 aromatic rings. The summed E-state index contributed by atoms with van der Waals surface area (Å²) in [5.41, 5.74) is 2.40. The molecular formula is C24H29Cl2F3N2O5S. The number of aromatic nitrogens is 1. The van der Waals surface area contributed by atoms with E-state index >= 15 is 0 Å². The first kappa shape index (κ1) is 32.6. The molecule has 0 amide bonds. The molecule has 0 saturated heterocycles. The zero-order chi connectivity index (χ0) is 28.2. The van der Waals surface area contributed by atoms with Gasteiger partial charge in [0.15, 0.2) is 11.4 Å². The highest BCUT2D eigenvalue weighted by Gasteiger charge is 2.32. The number of halogens is 5. The molecule has 1 heterocycles. The molecule has 0 aliphatic carbocycles. The van der Waals surface area contributed by atoms with Crippen molar-refractivity contribution in [3.63, 3.8) is 0 Å². The van der Waals surface area contributed by atoms with Crippen LogP contribution >= 0.6 is 23.2 Å². The SMILES string of the molecule is C/C=C(\C)CC.COC.CS(=O)Nc1noc2cc(COc3ccc(OC(F)(F)F)c(Cl)c3)c(Cl)cc12. The fraction of sp³-hybridized carbons (Fsp3) is 0.375. The Morgan fingerprint density at radius 2 is 1.84 bits per heavy atom. The number of fused-ring (bicyclic) bond motifs is 1. The quantitative estimate of drug-likeness (QED) is 0.284.